The number of phenolic OH excluding ortho intramolecular Hbond substituents is 1. The molecule has 1 heterocycles. The van der Waals surface area contributed by atoms with E-state index in [-0.39, 0.29) is 40.3 Å². The first-order valence-electron chi connectivity index (χ1n) is 10.2. The van der Waals surface area contributed by atoms with Crippen LogP contribution in [0.3, 0.4) is 0 Å². The normalized spacial score (nSPS) is 10.8. The van der Waals surface area contributed by atoms with Crippen molar-refractivity contribution >= 4 is 23.0 Å². The van der Waals surface area contributed by atoms with Crippen LogP contribution in [-0.2, 0) is 13.6 Å². The topological polar surface area (TPSA) is 119 Å². The number of aromatic hydroxyl groups is 1. The van der Waals surface area contributed by atoms with E-state index in [0.717, 1.165) is 10.2 Å². The van der Waals surface area contributed by atoms with Crippen molar-refractivity contribution in [2.24, 2.45) is 7.05 Å². The number of phenols is 1. The molecule has 3 aromatic rings. The number of carbonyl (C=O) groups excluding carboxylic acids is 1. The summed E-state index contributed by atoms with van der Waals surface area (Å²) in [5, 5.41) is 19.1. The highest BCUT2D eigenvalue weighted by Gasteiger charge is 2.21. The molecule has 9 nitrogen and oxygen atoms in total. The van der Waals surface area contributed by atoms with Gasteiger partial charge in [-0.2, -0.15) is 0 Å². The maximum atomic E-state index is 12.8. The second kappa shape index (κ2) is 9.42. The third-order valence-electron chi connectivity index (χ3n) is 5.20. The first-order chi connectivity index (χ1) is 15.2. The monoisotopic (exact) mass is 437 g/mol. The summed E-state index contributed by atoms with van der Waals surface area (Å²) in [6, 6.07) is 14.0. The zero-order valence-electron chi connectivity index (χ0n) is 18.5. The van der Waals surface area contributed by atoms with Gasteiger partial charge in [-0.3, -0.25) is 24.2 Å². The maximum Gasteiger partial charge on any atom is 0.290 e. The summed E-state index contributed by atoms with van der Waals surface area (Å²) in [5.74, 6) is -0.663. The highest BCUT2D eigenvalue weighted by Crippen LogP contribution is 2.31. The van der Waals surface area contributed by atoms with Gasteiger partial charge in [0.15, 0.2) is 5.75 Å². The van der Waals surface area contributed by atoms with Crippen LogP contribution in [0.1, 0.15) is 29.8 Å². The zero-order valence-corrected chi connectivity index (χ0v) is 18.5. The van der Waals surface area contributed by atoms with Gasteiger partial charge in [-0.05, 0) is 31.5 Å². The fraction of sp³-hybridized carbons (Fsp3) is 0.261. The van der Waals surface area contributed by atoms with Crippen molar-refractivity contribution in [3.63, 3.8) is 0 Å². The van der Waals surface area contributed by atoms with Gasteiger partial charge in [0, 0.05) is 26.7 Å². The third-order valence-corrected chi connectivity index (χ3v) is 5.20. The van der Waals surface area contributed by atoms with Crippen molar-refractivity contribution in [3.8, 4) is 5.75 Å². The Morgan fingerprint density at radius 2 is 1.78 bits per heavy atom. The summed E-state index contributed by atoms with van der Waals surface area (Å²) in [6.07, 6.45) is 0. The summed E-state index contributed by atoms with van der Waals surface area (Å²) in [5.41, 5.74) is 0.139. The van der Waals surface area contributed by atoms with E-state index >= 15 is 0 Å². The second-order valence-corrected chi connectivity index (χ2v) is 7.73. The lowest BCUT2D eigenvalue weighted by atomic mass is 10.1. The first-order valence-corrected chi connectivity index (χ1v) is 10.2. The van der Waals surface area contributed by atoms with Crippen molar-refractivity contribution in [3.05, 3.63) is 80.4 Å². The van der Waals surface area contributed by atoms with Gasteiger partial charge < -0.3 is 20.6 Å². The number of hydrogen-bond donors (Lipinski definition) is 4. The van der Waals surface area contributed by atoms with Crippen molar-refractivity contribution in [1.82, 2.24) is 14.7 Å². The molecule has 0 aliphatic carbocycles. The van der Waals surface area contributed by atoms with E-state index in [0.29, 0.717) is 6.54 Å². The van der Waals surface area contributed by atoms with Crippen molar-refractivity contribution < 1.29 is 9.90 Å². The largest absolute Gasteiger partial charge is 0.505 e. The van der Waals surface area contributed by atoms with E-state index in [1.807, 2.05) is 44.2 Å². The van der Waals surface area contributed by atoms with Gasteiger partial charge in [-0.25, -0.2) is 0 Å². The zero-order chi connectivity index (χ0) is 23.4. The Balaban J connectivity index is 2.00. The number of anilines is 3. The second-order valence-electron chi connectivity index (χ2n) is 7.73. The average Bonchev–Trinajstić information content (AvgIpc) is 2.77. The van der Waals surface area contributed by atoms with Crippen molar-refractivity contribution in [2.45, 2.75) is 26.4 Å². The quantitative estimate of drug-likeness (QED) is 0.422. The third kappa shape index (κ3) is 4.66. The Morgan fingerprint density at radius 3 is 2.44 bits per heavy atom. The lowest BCUT2D eigenvalue weighted by Crippen LogP contribution is -2.33. The minimum Gasteiger partial charge on any atom is -0.505 e. The molecule has 1 amide bonds. The van der Waals surface area contributed by atoms with E-state index in [1.54, 1.807) is 13.1 Å². The number of rotatable bonds is 7. The smallest absolute Gasteiger partial charge is 0.290 e. The lowest BCUT2D eigenvalue weighted by Gasteiger charge is -2.22. The number of H-pyrrole nitrogens is 1. The summed E-state index contributed by atoms with van der Waals surface area (Å²) in [4.78, 5) is 39.6. The Hall–Kier alpha value is -4.01. The predicted octanol–water partition coefficient (Wildman–Crippen LogP) is 2.62. The Morgan fingerprint density at radius 1 is 1.09 bits per heavy atom. The van der Waals surface area contributed by atoms with Gasteiger partial charge in [0.1, 0.15) is 11.4 Å². The number of amides is 1. The van der Waals surface area contributed by atoms with Gasteiger partial charge in [0.05, 0.1) is 11.3 Å². The van der Waals surface area contributed by atoms with Crippen LogP contribution < -0.4 is 21.8 Å². The van der Waals surface area contributed by atoms with Crippen LogP contribution in [0.4, 0.5) is 17.1 Å². The molecule has 0 bridgehead atoms. The van der Waals surface area contributed by atoms with Crippen LogP contribution in [-0.4, -0.2) is 38.8 Å². The molecule has 0 atom stereocenters. The maximum absolute atomic E-state index is 12.8. The molecule has 4 N–H and O–H groups in total. The fourth-order valence-corrected chi connectivity index (χ4v) is 3.09. The number of nitrogens with zero attached hydrogens (tertiary/aromatic N) is 2. The number of aromatic nitrogens is 2. The molecule has 0 spiro atoms. The molecule has 0 aliphatic rings. The molecule has 168 valence electrons. The molecule has 0 unspecified atom stereocenters. The van der Waals surface area contributed by atoms with Crippen LogP contribution in [0.25, 0.3) is 0 Å². The van der Waals surface area contributed by atoms with Gasteiger partial charge >= 0.3 is 0 Å². The molecule has 1 aromatic heterocycles. The van der Waals surface area contributed by atoms with E-state index in [4.69, 9.17) is 0 Å². The van der Waals surface area contributed by atoms with Crippen LogP contribution in [0.5, 0.6) is 5.75 Å². The standard InChI is InChI=1S/C23H27N5O4/c1-14(2)27(3)22(31)16-11-8-12-17(20(16)29)25-19-18(21(30)26-28(4)23(19)32)24-13-15-9-6-5-7-10-15/h5-12,14,24-25,29H,13H2,1-4H3,(H,26,30). The van der Waals surface area contributed by atoms with Crippen molar-refractivity contribution in [1.29, 1.82) is 0 Å². The van der Waals surface area contributed by atoms with Gasteiger partial charge in [0.2, 0.25) is 0 Å². The molecule has 0 aliphatic heterocycles. The molecule has 9 heteroatoms. The highest BCUT2D eigenvalue weighted by atomic mass is 16.3. The molecule has 32 heavy (non-hydrogen) atoms. The van der Waals surface area contributed by atoms with Gasteiger partial charge in [-0.15, -0.1) is 0 Å². The molecular weight excluding hydrogens is 410 g/mol. The van der Waals surface area contributed by atoms with Crippen LogP contribution in [0, 0.1) is 0 Å². The van der Waals surface area contributed by atoms with Crippen molar-refractivity contribution in [2.75, 3.05) is 17.7 Å². The Kier molecular flexibility index (Phi) is 6.67. The highest BCUT2D eigenvalue weighted by molar-refractivity contribution is 5.99. The molecule has 0 saturated carbocycles. The minimum atomic E-state index is -0.504. The predicted molar refractivity (Wildman–Crippen MR) is 125 cm³/mol. The number of aromatic amines is 1. The van der Waals surface area contributed by atoms with Crippen LogP contribution >= 0.6 is 0 Å². The molecule has 2 aromatic carbocycles. The summed E-state index contributed by atoms with van der Waals surface area (Å²) >= 11 is 0. The van der Waals surface area contributed by atoms with E-state index in [2.05, 4.69) is 15.7 Å². The average molecular weight is 438 g/mol. The number of aryl methyl sites for hydroxylation is 1. The summed E-state index contributed by atoms with van der Waals surface area (Å²) in [7, 11) is 3.07. The lowest BCUT2D eigenvalue weighted by molar-refractivity contribution is 0.0752. The minimum absolute atomic E-state index is 0.0346. The Labute approximate surface area is 185 Å². The number of carbonyl (C=O) groups is 1. The molecule has 0 radical (unpaired) electrons. The molecule has 3 rings (SSSR count). The van der Waals surface area contributed by atoms with Gasteiger partial charge in [0.25, 0.3) is 17.0 Å². The Bertz CT molecular complexity index is 1230. The number of nitrogens with one attached hydrogen (secondary N) is 3. The SMILES string of the molecule is CC(C)N(C)C(=O)c1cccc(Nc2c(NCc3ccccc3)c(=O)[nH]n(C)c2=O)c1O. The number of para-hydroxylation sites is 1. The molecule has 0 saturated heterocycles. The molecular formula is C23H27N5O4. The summed E-state index contributed by atoms with van der Waals surface area (Å²) < 4.78 is 1.05. The van der Waals surface area contributed by atoms with Crippen LogP contribution in [0.2, 0.25) is 0 Å². The van der Waals surface area contributed by atoms with E-state index in [1.165, 1.54) is 24.1 Å². The molecule has 0 fully saturated rings. The van der Waals surface area contributed by atoms with Gasteiger partial charge in [-0.1, -0.05) is 36.4 Å². The van der Waals surface area contributed by atoms with Crippen LogP contribution in [0.15, 0.2) is 58.1 Å². The number of benzene rings is 2. The fourth-order valence-electron chi connectivity index (χ4n) is 3.09. The van der Waals surface area contributed by atoms with E-state index < -0.39 is 11.1 Å². The van der Waals surface area contributed by atoms with E-state index in [9.17, 15) is 19.5 Å². The number of hydrogen-bond acceptors (Lipinski definition) is 6. The first kappa shape index (κ1) is 22.7. The summed E-state index contributed by atoms with van der Waals surface area (Å²) in [6.45, 7) is 4.04.